The number of nitrogens with zero attached hydrogens (tertiary/aromatic N) is 4. The molecule has 214 valence electrons. The van der Waals surface area contributed by atoms with Crippen LogP contribution in [-0.4, -0.2) is 95.0 Å². The van der Waals surface area contributed by atoms with E-state index in [4.69, 9.17) is 0 Å². The molecule has 6 rings (SSSR count). The minimum atomic E-state index is 0.292. The number of unbranched alkanes of at least 4 members (excludes halogenated alkanes) is 1. The highest BCUT2D eigenvalue weighted by atomic mass is 16.2. The fourth-order valence-electron chi connectivity index (χ4n) is 8.57. The van der Waals surface area contributed by atoms with E-state index in [9.17, 15) is 9.59 Å². The third-order valence-corrected chi connectivity index (χ3v) is 11.2. The second-order valence-corrected chi connectivity index (χ2v) is 13.6. The van der Waals surface area contributed by atoms with Crippen molar-refractivity contribution in [3.8, 4) is 0 Å². The van der Waals surface area contributed by atoms with Crippen molar-refractivity contribution in [1.29, 1.82) is 0 Å². The molecule has 4 aliphatic heterocycles. The molecule has 0 radical (unpaired) electrons. The average Bonchev–Trinajstić information content (AvgIpc) is 3.22. The summed E-state index contributed by atoms with van der Waals surface area (Å²) in [4.78, 5) is 30.6. The minimum absolute atomic E-state index is 0.292. The standard InChI is InChI=1S/C34H48N4O2/c1-37(25-27-11-5-3-6-12-27)29-17-18-30(37)22-35(21-29)33(39)15-9-10-16-34(40)36-23-31-19-20-32(24-36)38(31,2)26-28-13-7-4-8-14-28/h3-8,11-14,29-32H,9-10,15-26H2,1-2H3/q+2/t29-,30+,31-,32+,37?,38?. The SMILES string of the molecule is C[N+]1(Cc2ccccc2)[C@@H]2CC[C@H]1CN(C(=O)CCCCC(=O)N1C[C@H]3CC[C@@H](C1)[N+]3(C)Cc1ccccc1)C2. The van der Waals surface area contributed by atoms with Gasteiger partial charge < -0.3 is 18.8 Å². The Labute approximate surface area is 240 Å². The molecule has 2 aromatic rings. The highest BCUT2D eigenvalue weighted by Crippen LogP contribution is 2.39. The van der Waals surface area contributed by atoms with Crippen LogP contribution in [0.15, 0.2) is 60.7 Å². The molecule has 4 fully saturated rings. The maximum absolute atomic E-state index is 13.2. The number of rotatable bonds is 9. The number of carbonyl (C=O) groups excluding carboxylic acids is 2. The minimum Gasteiger partial charge on any atom is -0.331 e. The van der Waals surface area contributed by atoms with E-state index < -0.39 is 0 Å². The van der Waals surface area contributed by atoms with E-state index in [-0.39, 0.29) is 0 Å². The molecule has 2 amide bonds. The van der Waals surface area contributed by atoms with Crippen molar-refractivity contribution in [1.82, 2.24) is 9.80 Å². The first-order chi connectivity index (χ1) is 19.3. The number of piperazine rings is 2. The summed E-state index contributed by atoms with van der Waals surface area (Å²) in [5.41, 5.74) is 2.79. The predicted molar refractivity (Wildman–Crippen MR) is 158 cm³/mol. The van der Waals surface area contributed by atoms with Crippen LogP contribution in [0.2, 0.25) is 0 Å². The third kappa shape index (κ3) is 5.33. The van der Waals surface area contributed by atoms with Gasteiger partial charge in [0.1, 0.15) is 37.3 Å². The molecule has 4 heterocycles. The summed E-state index contributed by atoms with van der Waals surface area (Å²) in [6, 6.07) is 23.8. The van der Waals surface area contributed by atoms with Gasteiger partial charge in [0, 0.05) is 49.7 Å². The second-order valence-electron chi connectivity index (χ2n) is 13.6. The number of hydrogen-bond acceptors (Lipinski definition) is 2. The molecular weight excluding hydrogens is 496 g/mol. The molecule has 4 saturated heterocycles. The smallest absolute Gasteiger partial charge is 0.223 e. The van der Waals surface area contributed by atoms with E-state index in [0.29, 0.717) is 48.8 Å². The number of amides is 2. The van der Waals surface area contributed by atoms with E-state index in [1.165, 1.54) is 36.8 Å². The zero-order valence-corrected chi connectivity index (χ0v) is 24.6. The molecule has 40 heavy (non-hydrogen) atoms. The Morgan fingerprint density at radius 2 is 0.925 bits per heavy atom. The highest BCUT2D eigenvalue weighted by molar-refractivity contribution is 5.77. The Bertz CT molecular complexity index is 1060. The van der Waals surface area contributed by atoms with Gasteiger partial charge in [0.05, 0.1) is 40.3 Å². The molecule has 2 aromatic carbocycles. The van der Waals surface area contributed by atoms with Crippen molar-refractivity contribution in [3.05, 3.63) is 71.8 Å². The number of carbonyl (C=O) groups is 2. The number of benzene rings is 2. The van der Waals surface area contributed by atoms with Crippen LogP contribution >= 0.6 is 0 Å². The highest BCUT2D eigenvalue weighted by Gasteiger charge is 2.53. The van der Waals surface area contributed by atoms with Crippen molar-refractivity contribution in [2.24, 2.45) is 0 Å². The third-order valence-electron chi connectivity index (χ3n) is 11.2. The molecule has 0 aromatic heterocycles. The molecule has 0 N–H and O–H groups in total. The summed E-state index contributed by atoms with van der Waals surface area (Å²) in [7, 11) is 4.80. The normalized spacial score (nSPS) is 32.9. The van der Waals surface area contributed by atoms with Crippen LogP contribution in [0, 0.1) is 0 Å². The molecular formula is C34H48N4O2+2. The van der Waals surface area contributed by atoms with Crippen LogP contribution in [0.1, 0.15) is 62.5 Å². The van der Waals surface area contributed by atoms with E-state index in [1.807, 2.05) is 0 Å². The van der Waals surface area contributed by atoms with Gasteiger partial charge in [-0.15, -0.1) is 0 Å². The van der Waals surface area contributed by atoms with Gasteiger partial charge in [0.15, 0.2) is 0 Å². The van der Waals surface area contributed by atoms with Crippen molar-refractivity contribution in [3.63, 3.8) is 0 Å². The van der Waals surface area contributed by atoms with Gasteiger partial charge in [-0.05, 0) is 12.8 Å². The first-order valence-electron chi connectivity index (χ1n) is 15.7. The molecule has 6 atom stereocenters. The number of likely N-dealkylation sites (N-methyl/N-ethyl adjacent to an activating group) is 2. The van der Waals surface area contributed by atoms with Crippen LogP contribution in [0.25, 0.3) is 0 Å². The molecule has 4 aliphatic rings. The first kappa shape index (κ1) is 27.5. The molecule has 4 bridgehead atoms. The quantitative estimate of drug-likeness (QED) is 0.342. The maximum Gasteiger partial charge on any atom is 0.223 e. The Balaban J connectivity index is 0.943. The van der Waals surface area contributed by atoms with Gasteiger partial charge in [-0.2, -0.15) is 0 Å². The van der Waals surface area contributed by atoms with E-state index >= 15 is 0 Å². The number of quaternary nitrogens is 2. The Morgan fingerprint density at radius 3 is 1.25 bits per heavy atom. The summed E-state index contributed by atoms with van der Waals surface area (Å²) >= 11 is 0. The molecule has 0 saturated carbocycles. The van der Waals surface area contributed by atoms with Crippen molar-refractivity contribution in [2.75, 3.05) is 40.3 Å². The number of fused-ring (bicyclic) bond motifs is 4. The van der Waals surface area contributed by atoms with Gasteiger partial charge in [-0.1, -0.05) is 60.7 Å². The summed E-state index contributed by atoms with van der Waals surface area (Å²) < 4.78 is 2.15. The van der Waals surface area contributed by atoms with Gasteiger partial charge >= 0.3 is 0 Å². The lowest BCUT2D eigenvalue weighted by molar-refractivity contribution is -0.959. The van der Waals surface area contributed by atoms with Gasteiger partial charge in [-0.25, -0.2) is 0 Å². The fraction of sp³-hybridized carbons (Fsp3) is 0.588. The van der Waals surface area contributed by atoms with Gasteiger partial charge in [0.2, 0.25) is 11.8 Å². The van der Waals surface area contributed by atoms with E-state index in [1.54, 1.807) is 0 Å². The lowest BCUT2D eigenvalue weighted by Gasteiger charge is -2.48. The summed E-state index contributed by atoms with van der Waals surface area (Å²) in [5, 5.41) is 0. The van der Waals surface area contributed by atoms with Crippen LogP contribution in [-0.2, 0) is 22.7 Å². The van der Waals surface area contributed by atoms with Crippen molar-refractivity contribution in [2.45, 2.75) is 88.6 Å². The molecule has 2 unspecified atom stereocenters. The van der Waals surface area contributed by atoms with Crippen molar-refractivity contribution >= 4 is 11.8 Å². The fourth-order valence-corrected chi connectivity index (χ4v) is 8.57. The average molecular weight is 545 g/mol. The largest absolute Gasteiger partial charge is 0.331 e. The zero-order chi connectivity index (χ0) is 27.7. The first-order valence-corrected chi connectivity index (χ1v) is 15.7. The second kappa shape index (κ2) is 11.3. The van der Waals surface area contributed by atoms with Crippen LogP contribution in [0.3, 0.4) is 0 Å². The lowest BCUT2D eigenvalue weighted by Crippen LogP contribution is -2.64. The molecule has 6 nitrogen and oxygen atoms in total. The number of hydrogen-bond donors (Lipinski definition) is 0. The van der Waals surface area contributed by atoms with Crippen LogP contribution in [0.4, 0.5) is 0 Å². The monoisotopic (exact) mass is 544 g/mol. The van der Waals surface area contributed by atoms with Crippen molar-refractivity contribution < 1.29 is 18.6 Å². The zero-order valence-electron chi connectivity index (χ0n) is 24.6. The summed E-state index contributed by atoms with van der Waals surface area (Å²) in [6.07, 6.45) is 7.64. The number of likely N-dealkylation sites (tertiary alicyclic amines) is 2. The Morgan fingerprint density at radius 1 is 0.600 bits per heavy atom. The summed E-state index contributed by atoms with van der Waals surface area (Å²) in [6.45, 7) is 5.65. The lowest BCUT2D eigenvalue weighted by atomic mass is 10.0. The topological polar surface area (TPSA) is 40.6 Å². The Hall–Kier alpha value is -2.70. The Kier molecular flexibility index (Phi) is 7.75. The van der Waals surface area contributed by atoms with Crippen LogP contribution < -0.4 is 0 Å². The van der Waals surface area contributed by atoms with E-state index in [0.717, 1.165) is 61.1 Å². The van der Waals surface area contributed by atoms with E-state index in [2.05, 4.69) is 84.6 Å². The van der Waals surface area contributed by atoms with Gasteiger partial charge in [0.25, 0.3) is 0 Å². The summed E-state index contributed by atoms with van der Waals surface area (Å²) in [5.74, 6) is 0.584. The van der Waals surface area contributed by atoms with Crippen LogP contribution in [0.5, 0.6) is 0 Å². The molecule has 0 spiro atoms. The van der Waals surface area contributed by atoms with Gasteiger partial charge in [-0.3, -0.25) is 9.59 Å². The maximum atomic E-state index is 13.2. The molecule has 0 aliphatic carbocycles. The molecule has 6 heteroatoms. The predicted octanol–water partition coefficient (Wildman–Crippen LogP) is 4.59.